The fourth-order valence-corrected chi connectivity index (χ4v) is 2.43. The van der Waals surface area contributed by atoms with Gasteiger partial charge in [0.25, 0.3) is 0 Å². The predicted octanol–water partition coefficient (Wildman–Crippen LogP) is 1.30. The van der Waals surface area contributed by atoms with Crippen LogP contribution in [0.1, 0.15) is 47.0 Å². The van der Waals surface area contributed by atoms with Crippen molar-refractivity contribution in [3.63, 3.8) is 0 Å². The van der Waals surface area contributed by atoms with Gasteiger partial charge in [-0.2, -0.15) is 0 Å². The van der Waals surface area contributed by atoms with E-state index in [4.69, 9.17) is 0 Å². The van der Waals surface area contributed by atoms with Gasteiger partial charge in [0.2, 0.25) is 11.8 Å². The van der Waals surface area contributed by atoms with Crippen LogP contribution in [0.2, 0.25) is 0 Å². The summed E-state index contributed by atoms with van der Waals surface area (Å²) in [7, 11) is 0. The smallest absolute Gasteiger partial charge is 0.246 e. The Labute approximate surface area is 97.4 Å². The topological polar surface area (TPSA) is 49.4 Å². The molecule has 1 aliphatic rings. The number of piperazine rings is 1. The molecule has 0 aromatic carbocycles. The van der Waals surface area contributed by atoms with Gasteiger partial charge in [0.15, 0.2) is 0 Å². The monoisotopic (exact) mass is 226 g/mol. The number of carbonyl (C=O) groups is 2. The third kappa shape index (κ3) is 2.06. The Balaban J connectivity index is 2.98. The highest BCUT2D eigenvalue weighted by Gasteiger charge is 2.45. The summed E-state index contributed by atoms with van der Waals surface area (Å²) in [6.45, 7) is 8.06. The van der Waals surface area contributed by atoms with E-state index in [1.54, 1.807) is 4.90 Å². The molecule has 0 spiro atoms. The Morgan fingerprint density at radius 3 is 2.56 bits per heavy atom. The summed E-state index contributed by atoms with van der Waals surface area (Å²) in [4.78, 5) is 25.6. The molecule has 1 rings (SSSR count). The first kappa shape index (κ1) is 13.0. The third-order valence-electron chi connectivity index (χ3n) is 3.53. The SMILES string of the molecule is CCCC(C)N1C(=O)CNC(=O)C1(C)CC. The van der Waals surface area contributed by atoms with Crippen LogP contribution in [-0.4, -0.2) is 34.8 Å². The number of carbonyl (C=O) groups excluding carboxylic acids is 2. The molecule has 2 unspecified atom stereocenters. The average Bonchev–Trinajstić information content (AvgIpc) is 2.24. The van der Waals surface area contributed by atoms with Gasteiger partial charge < -0.3 is 10.2 Å². The van der Waals surface area contributed by atoms with E-state index in [0.717, 1.165) is 12.8 Å². The first-order chi connectivity index (χ1) is 7.47. The number of nitrogens with zero attached hydrogens (tertiary/aromatic N) is 1. The number of rotatable bonds is 4. The van der Waals surface area contributed by atoms with Crippen LogP contribution in [0, 0.1) is 0 Å². The molecule has 0 bridgehead atoms. The van der Waals surface area contributed by atoms with Crippen LogP contribution in [0.5, 0.6) is 0 Å². The maximum Gasteiger partial charge on any atom is 0.246 e. The second kappa shape index (κ2) is 4.85. The van der Waals surface area contributed by atoms with E-state index < -0.39 is 5.54 Å². The molecular formula is C12H22N2O2. The Kier molecular flexibility index (Phi) is 3.94. The maximum absolute atomic E-state index is 11.9. The van der Waals surface area contributed by atoms with Gasteiger partial charge in [0.1, 0.15) is 5.54 Å². The lowest BCUT2D eigenvalue weighted by atomic mass is 9.90. The van der Waals surface area contributed by atoms with Gasteiger partial charge in [-0.25, -0.2) is 0 Å². The molecule has 1 heterocycles. The minimum atomic E-state index is -0.677. The number of hydrogen-bond donors (Lipinski definition) is 1. The summed E-state index contributed by atoms with van der Waals surface area (Å²) in [5, 5.41) is 2.67. The molecule has 0 aliphatic carbocycles. The molecule has 1 fully saturated rings. The highest BCUT2D eigenvalue weighted by Crippen LogP contribution is 2.26. The van der Waals surface area contributed by atoms with Gasteiger partial charge in [-0.05, 0) is 26.7 Å². The Hall–Kier alpha value is -1.06. The minimum Gasteiger partial charge on any atom is -0.345 e. The van der Waals surface area contributed by atoms with Crippen LogP contribution >= 0.6 is 0 Å². The van der Waals surface area contributed by atoms with Gasteiger partial charge in [-0.15, -0.1) is 0 Å². The molecule has 1 saturated heterocycles. The maximum atomic E-state index is 11.9. The summed E-state index contributed by atoms with van der Waals surface area (Å²) in [6.07, 6.45) is 2.61. The molecule has 1 aliphatic heterocycles. The van der Waals surface area contributed by atoms with Crippen LogP contribution in [0.25, 0.3) is 0 Å². The summed E-state index contributed by atoms with van der Waals surface area (Å²) in [5.74, 6) is 0.00227. The number of amides is 2. The molecule has 0 radical (unpaired) electrons. The highest BCUT2D eigenvalue weighted by molar-refractivity contribution is 5.97. The molecule has 4 heteroatoms. The molecule has 2 atom stereocenters. The van der Waals surface area contributed by atoms with Crippen molar-refractivity contribution in [3.8, 4) is 0 Å². The molecule has 4 nitrogen and oxygen atoms in total. The summed E-state index contributed by atoms with van der Waals surface area (Å²) in [6, 6.07) is 0.133. The van der Waals surface area contributed by atoms with Gasteiger partial charge in [-0.3, -0.25) is 9.59 Å². The predicted molar refractivity (Wildman–Crippen MR) is 62.9 cm³/mol. The van der Waals surface area contributed by atoms with E-state index >= 15 is 0 Å². The lowest BCUT2D eigenvalue weighted by Gasteiger charge is -2.46. The zero-order valence-electron chi connectivity index (χ0n) is 10.7. The fourth-order valence-electron chi connectivity index (χ4n) is 2.43. The number of hydrogen-bond acceptors (Lipinski definition) is 2. The largest absolute Gasteiger partial charge is 0.345 e. The summed E-state index contributed by atoms with van der Waals surface area (Å²) < 4.78 is 0. The van der Waals surface area contributed by atoms with Gasteiger partial charge in [0.05, 0.1) is 6.54 Å². The van der Waals surface area contributed by atoms with Crippen LogP contribution < -0.4 is 5.32 Å². The van der Waals surface area contributed by atoms with Crippen molar-refractivity contribution in [3.05, 3.63) is 0 Å². The third-order valence-corrected chi connectivity index (χ3v) is 3.53. The molecule has 0 aromatic heterocycles. The Morgan fingerprint density at radius 1 is 1.44 bits per heavy atom. The van der Waals surface area contributed by atoms with Crippen LogP contribution in [-0.2, 0) is 9.59 Å². The van der Waals surface area contributed by atoms with Crippen molar-refractivity contribution in [1.29, 1.82) is 0 Å². The lowest BCUT2D eigenvalue weighted by Crippen LogP contribution is -2.67. The standard InChI is InChI=1S/C12H22N2O2/c1-5-7-9(3)14-10(15)8-13-11(16)12(14,4)6-2/h9H,5-8H2,1-4H3,(H,13,16). The molecule has 92 valence electrons. The zero-order valence-corrected chi connectivity index (χ0v) is 10.7. The second-order valence-electron chi connectivity index (χ2n) is 4.71. The highest BCUT2D eigenvalue weighted by atomic mass is 16.2. The number of nitrogens with one attached hydrogen (secondary N) is 1. The zero-order chi connectivity index (χ0) is 12.3. The Morgan fingerprint density at radius 2 is 2.06 bits per heavy atom. The first-order valence-electron chi connectivity index (χ1n) is 6.07. The van der Waals surface area contributed by atoms with Crippen molar-refractivity contribution >= 4 is 11.8 Å². The van der Waals surface area contributed by atoms with Crippen molar-refractivity contribution in [2.24, 2.45) is 0 Å². The molecule has 1 N–H and O–H groups in total. The van der Waals surface area contributed by atoms with Crippen LogP contribution in [0.3, 0.4) is 0 Å². The van der Waals surface area contributed by atoms with E-state index in [1.807, 2.05) is 20.8 Å². The lowest BCUT2D eigenvalue weighted by molar-refractivity contribution is -0.156. The van der Waals surface area contributed by atoms with E-state index in [2.05, 4.69) is 12.2 Å². The van der Waals surface area contributed by atoms with Crippen molar-refractivity contribution in [1.82, 2.24) is 10.2 Å². The van der Waals surface area contributed by atoms with Crippen molar-refractivity contribution in [2.45, 2.75) is 58.5 Å². The van der Waals surface area contributed by atoms with Gasteiger partial charge >= 0.3 is 0 Å². The van der Waals surface area contributed by atoms with Gasteiger partial charge in [0, 0.05) is 6.04 Å². The van der Waals surface area contributed by atoms with Crippen molar-refractivity contribution in [2.75, 3.05) is 6.54 Å². The summed E-state index contributed by atoms with van der Waals surface area (Å²) >= 11 is 0. The van der Waals surface area contributed by atoms with Crippen LogP contribution in [0.15, 0.2) is 0 Å². The van der Waals surface area contributed by atoms with E-state index in [0.29, 0.717) is 6.42 Å². The first-order valence-corrected chi connectivity index (χ1v) is 6.07. The average molecular weight is 226 g/mol. The van der Waals surface area contributed by atoms with Crippen molar-refractivity contribution < 1.29 is 9.59 Å². The molecular weight excluding hydrogens is 204 g/mol. The van der Waals surface area contributed by atoms with E-state index in [1.165, 1.54) is 0 Å². The molecule has 0 saturated carbocycles. The molecule has 2 amide bonds. The van der Waals surface area contributed by atoms with Crippen LogP contribution in [0.4, 0.5) is 0 Å². The minimum absolute atomic E-state index is 0.0300. The molecule has 0 aromatic rings. The molecule has 16 heavy (non-hydrogen) atoms. The summed E-state index contributed by atoms with van der Waals surface area (Å²) in [5.41, 5.74) is -0.677. The quantitative estimate of drug-likeness (QED) is 0.785. The fraction of sp³-hybridized carbons (Fsp3) is 0.833. The van der Waals surface area contributed by atoms with Gasteiger partial charge in [-0.1, -0.05) is 20.3 Å². The normalized spacial score (nSPS) is 27.9. The van der Waals surface area contributed by atoms with E-state index in [-0.39, 0.29) is 24.4 Å². The second-order valence-corrected chi connectivity index (χ2v) is 4.71. The van der Waals surface area contributed by atoms with E-state index in [9.17, 15) is 9.59 Å². The Bertz CT molecular complexity index is 291.